The Balaban J connectivity index is 0.000000360. The Hall–Kier alpha value is -2.73. The zero-order valence-corrected chi connectivity index (χ0v) is 18.7. The third kappa shape index (κ3) is 6.39. The van der Waals surface area contributed by atoms with E-state index in [2.05, 4.69) is 37.4 Å². The molecule has 0 radical (unpaired) electrons. The number of hydrogen-bond acceptors (Lipinski definition) is 6. The number of thiazole rings is 1. The molecule has 3 aromatic rings. The van der Waals surface area contributed by atoms with Gasteiger partial charge in [-0.05, 0) is 31.9 Å². The number of carbonyl (C=O) groups excluding carboxylic acids is 1. The lowest BCUT2D eigenvalue weighted by atomic mass is 9.97. The minimum Gasteiger partial charge on any atom is -0.475 e. The molecule has 4 heterocycles. The molecule has 3 aromatic heterocycles. The van der Waals surface area contributed by atoms with Crippen LogP contribution in [0, 0.1) is 12.8 Å². The maximum atomic E-state index is 12.4. The second-order valence-corrected chi connectivity index (χ2v) is 9.32. The molecule has 0 spiro atoms. The molecule has 1 unspecified atom stereocenters. The zero-order valence-electron chi connectivity index (χ0n) is 17.1. The highest BCUT2D eigenvalue weighted by atomic mass is 32.1. The maximum absolute atomic E-state index is 12.4. The third-order valence-electron chi connectivity index (χ3n) is 4.77. The first-order valence-corrected chi connectivity index (χ1v) is 11.4. The Morgan fingerprint density at radius 3 is 2.75 bits per heavy atom. The number of halogens is 3. The lowest BCUT2D eigenvalue weighted by Crippen LogP contribution is -2.36. The fourth-order valence-electron chi connectivity index (χ4n) is 3.15. The molecule has 0 aromatic carbocycles. The quantitative estimate of drug-likeness (QED) is 0.570. The van der Waals surface area contributed by atoms with Crippen molar-refractivity contribution in [3.05, 3.63) is 45.6 Å². The van der Waals surface area contributed by atoms with Crippen LogP contribution in [0.3, 0.4) is 0 Å². The Bertz CT molecular complexity index is 1070. The van der Waals surface area contributed by atoms with Crippen molar-refractivity contribution >= 4 is 34.6 Å². The van der Waals surface area contributed by atoms with E-state index in [-0.39, 0.29) is 11.8 Å². The maximum Gasteiger partial charge on any atom is 0.490 e. The fraction of sp³-hybridized carbons (Fsp3) is 0.400. The Morgan fingerprint density at radius 2 is 2.09 bits per heavy atom. The van der Waals surface area contributed by atoms with Gasteiger partial charge >= 0.3 is 12.1 Å². The van der Waals surface area contributed by atoms with Crippen LogP contribution in [0.2, 0.25) is 0 Å². The second kappa shape index (κ2) is 10.3. The predicted octanol–water partition coefficient (Wildman–Crippen LogP) is 3.93. The van der Waals surface area contributed by atoms with E-state index in [0.29, 0.717) is 6.54 Å². The van der Waals surface area contributed by atoms with Crippen LogP contribution >= 0.6 is 22.7 Å². The molecule has 7 nitrogen and oxygen atoms in total. The summed E-state index contributed by atoms with van der Waals surface area (Å²) in [4.78, 5) is 32.6. The minimum atomic E-state index is -5.08. The van der Waals surface area contributed by atoms with Crippen LogP contribution in [0.25, 0.3) is 10.6 Å². The molecule has 32 heavy (non-hydrogen) atoms. The number of alkyl halides is 3. The van der Waals surface area contributed by atoms with Crippen molar-refractivity contribution in [2.24, 2.45) is 5.92 Å². The van der Waals surface area contributed by atoms with Gasteiger partial charge in [0.2, 0.25) is 5.91 Å². The number of fused-ring (bicyclic) bond motifs is 1. The summed E-state index contributed by atoms with van der Waals surface area (Å²) in [6.07, 6.45) is 1.21. The summed E-state index contributed by atoms with van der Waals surface area (Å²) < 4.78 is 33.9. The molecule has 0 saturated carbocycles. The standard InChI is InChI=1S/C18H20N4OS2.C2HF3O2/c1-12-21-15(11-24-12)16-3-2-14(25-16)4-6-20-18(23)13-5-8-22-9-7-19-17(22)10-13;3-2(4,5)1(6)7/h2-3,7,9,11,13H,4-6,8,10H2,1H3,(H,20,23);(H,6,7). The SMILES string of the molecule is Cc1nc(-c2ccc(CCNC(=O)C3CCn4ccnc4C3)s2)cs1.O=C(O)C(F)(F)F. The van der Waals surface area contributed by atoms with Gasteiger partial charge in [-0.2, -0.15) is 13.2 Å². The number of imidazole rings is 1. The van der Waals surface area contributed by atoms with E-state index in [4.69, 9.17) is 9.90 Å². The largest absolute Gasteiger partial charge is 0.490 e. The highest BCUT2D eigenvalue weighted by molar-refractivity contribution is 7.16. The summed E-state index contributed by atoms with van der Waals surface area (Å²) in [5.41, 5.74) is 1.06. The monoisotopic (exact) mass is 486 g/mol. The van der Waals surface area contributed by atoms with Crippen LogP contribution in [0.5, 0.6) is 0 Å². The summed E-state index contributed by atoms with van der Waals surface area (Å²) in [6.45, 7) is 3.59. The smallest absolute Gasteiger partial charge is 0.475 e. The lowest BCUT2D eigenvalue weighted by molar-refractivity contribution is -0.192. The van der Waals surface area contributed by atoms with Crippen molar-refractivity contribution in [2.45, 2.75) is 38.9 Å². The van der Waals surface area contributed by atoms with Crippen LogP contribution in [0.1, 0.15) is 22.1 Å². The summed E-state index contributed by atoms with van der Waals surface area (Å²) in [5, 5.41) is 13.4. The first-order chi connectivity index (χ1) is 15.1. The van der Waals surface area contributed by atoms with Gasteiger partial charge in [-0.1, -0.05) is 0 Å². The number of carbonyl (C=O) groups is 2. The van der Waals surface area contributed by atoms with E-state index in [1.807, 2.05) is 19.3 Å². The van der Waals surface area contributed by atoms with Gasteiger partial charge in [-0.3, -0.25) is 4.79 Å². The van der Waals surface area contributed by atoms with Crippen LogP contribution in [-0.4, -0.2) is 44.2 Å². The molecule has 0 aliphatic carbocycles. The summed E-state index contributed by atoms with van der Waals surface area (Å²) >= 11 is 3.43. The average Bonchev–Trinajstić information content (AvgIpc) is 3.47. The number of nitrogens with zero attached hydrogens (tertiary/aromatic N) is 3. The van der Waals surface area contributed by atoms with E-state index in [0.717, 1.165) is 42.3 Å². The van der Waals surface area contributed by atoms with Crippen molar-refractivity contribution in [1.29, 1.82) is 0 Å². The van der Waals surface area contributed by atoms with Crippen molar-refractivity contribution in [1.82, 2.24) is 19.9 Å². The first-order valence-electron chi connectivity index (χ1n) is 9.72. The molecule has 1 atom stereocenters. The van der Waals surface area contributed by atoms with E-state index < -0.39 is 12.1 Å². The molecule has 172 valence electrons. The van der Waals surface area contributed by atoms with E-state index in [1.54, 1.807) is 22.7 Å². The number of aliphatic carboxylic acids is 1. The number of aryl methyl sites for hydroxylation is 2. The van der Waals surface area contributed by atoms with Gasteiger partial charge in [-0.25, -0.2) is 14.8 Å². The van der Waals surface area contributed by atoms with E-state index in [1.165, 1.54) is 9.75 Å². The summed E-state index contributed by atoms with van der Waals surface area (Å²) in [5.74, 6) is -1.53. The molecule has 4 rings (SSSR count). The van der Waals surface area contributed by atoms with Gasteiger partial charge in [0.25, 0.3) is 0 Å². The van der Waals surface area contributed by atoms with Gasteiger partial charge in [0.1, 0.15) is 5.82 Å². The third-order valence-corrected chi connectivity index (χ3v) is 6.71. The Kier molecular flexibility index (Phi) is 7.67. The molecule has 12 heteroatoms. The second-order valence-electron chi connectivity index (χ2n) is 7.09. The number of hydrogen-bond donors (Lipinski definition) is 2. The fourth-order valence-corrected chi connectivity index (χ4v) is 4.81. The Morgan fingerprint density at radius 1 is 1.34 bits per heavy atom. The predicted molar refractivity (Wildman–Crippen MR) is 115 cm³/mol. The highest BCUT2D eigenvalue weighted by Gasteiger charge is 2.38. The van der Waals surface area contributed by atoms with Gasteiger partial charge in [0.05, 0.1) is 15.6 Å². The zero-order chi connectivity index (χ0) is 23.3. The molecule has 0 fully saturated rings. The van der Waals surface area contributed by atoms with Gasteiger partial charge in [-0.15, -0.1) is 22.7 Å². The molecule has 0 bridgehead atoms. The Labute approximate surface area is 189 Å². The van der Waals surface area contributed by atoms with Gasteiger partial charge in [0, 0.05) is 48.1 Å². The van der Waals surface area contributed by atoms with E-state index >= 15 is 0 Å². The number of amides is 1. The van der Waals surface area contributed by atoms with Crippen molar-refractivity contribution in [3.8, 4) is 10.6 Å². The van der Waals surface area contributed by atoms with Gasteiger partial charge < -0.3 is 15.0 Å². The van der Waals surface area contributed by atoms with Crippen LogP contribution in [-0.2, 0) is 29.0 Å². The number of thiophene rings is 1. The molecule has 2 N–H and O–H groups in total. The number of carboxylic acids is 1. The number of nitrogens with one attached hydrogen (secondary N) is 1. The summed E-state index contributed by atoms with van der Waals surface area (Å²) in [6, 6.07) is 4.26. The number of carboxylic acid groups (broad SMARTS) is 1. The van der Waals surface area contributed by atoms with Crippen LogP contribution < -0.4 is 5.32 Å². The lowest BCUT2D eigenvalue weighted by Gasteiger charge is -2.22. The van der Waals surface area contributed by atoms with Crippen molar-refractivity contribution in [3.63, 3.8) is 0 Å². The normalized spacial score (nSPS) is 15.4. The number of rotatable bonds is 5. The average molecular weight is 487 g/mol. The minimum absolute atomic E-state index is 0.0479. The van der Waals surface area contributed by atoms with Crippen LogP contribution in [0.4, 0.5) is 13.2 Å². The molecule has 1 aliphatic heterocycles. The van der Waals surface area contributed by atoms with Gasteiger partial charge in [0.15, 0.2) is 0 Å². The summed E-state index contributed by atoms with van der Waals surface area (Å²) in [7, 11) is 0. The molecular weight excluding hydrogens is 465 g/mol. The highest BCUT2D eigenvalue weighted by Crippen LogP contribution is 2.29. The van der Waals surface area contributed by atoms with Crippen LogP contribution in [0.15, 0.2) is 29.9 Å². The van der Waals surface area contributed by atoms with Crippen molar-refractivity contribution in [2.75, 3.05) is 6.54 Å². The molecule has 1 aliphatic rings. The topological polar surface area (TPSA) is 97.1 Å². The number of aromatic nitrogens is 3. The first kappa shape index (κ1) is 23.9. The van der Waals surface area contributed by atoms with E-state index in [9.17, 15) is 18.0 Å². The molecular formula is C20H21F3N4O3S2. The molecule has 1 amide bonds. The molecule has 0 saturated heterocycles. The van der Waals surface area contributed by atoms with Crippen molar-refractivity contribution < 1.29 is 27.9 Å².